The first-order valence-electron chi connectivity index (χ1n) is 14.7. The van der Waals surface area contributed by atoms with Crippen molar-refractivity contribution < 1.29 is 32.2 Å². The molecule has 0 aliphatic heterocycles. The Morgan fingerprint density at radius 3 is 1.91 bits per heavy atom. The van der Waals surface area contributed by atoms with Gasteiger partial charge in [-0.1, -0.05) is 90.4 Å². The number of ether oxygens (including phenoxy) is 2. The SMILES string of the molecule is CC(C)(C)CC(C)(C)C(=O)Oc1cc(C(F)(F)F)ccc1C(=O)OCc1ccccc1.CSC(C)(C)C(C)(C)CC=C(C)C. The van der Waals surface area contributed by atoms with E-state index in [2.05, 4.69) is 53.9 Å². The van der Waals surface area contributed by atoms with Crippen LogP contribution in [0.4, 0.5) is 13.2 Å². The normalized spacial score (nSPS) is 12.5. The number of thioether (sulfide) groups is 1. The van der Waals surface area contributed by atoms with Gasteiger partial charge in [0.05, 0.1) is 11.0 Å². The molecular formula is C36H51F3O4S. The Balaban J connectivity index is 0.000000627. The molecule has 0 bridgehead atoms. The van der Waals surface area contributed by atoms with Gasteiger partial charge in [0.25, 0.3) is 0 Å². The summed E-state index contributed by atoms with van der Waals surface area (Å²) in [6.07, 6.45) is 1.49. The monoisotopic (exact) mass is 636 g/mol. The van der Waals surface area contributed by atoms with Crippen molar-refractivity contribution in [2.75, 3.05) is 6.26 Å². The zero-order chi connectivity index (χ0) is 34.1. The fourth-order valence-electron chi connectivity index (χ4n) is 4.37. The van der Waals surface area contributed by atoms with Gasteiger partial charge in [0, 0.05) is 4.75 Å². The summed E-state index contributed by atoms with van der Waals surface area (Å²) < 4.78 is 50.5. The van der Waals surface area contributed by atoms with Crippen LogP contribution in [0.3, 0.4) is 0 Å². The van der Waals surface area contributed by atoms with Gasteiger partial charge in [-0.15, -0.1) is 0 Å². The van der Waals surface area contributed by atoms with Gasteiger partial charge >= 0.3 is 18.1 Å². The molecule has 44 heavy (non-hydrogen) atoms. The lowest BCUT2D eigenvalue weighted by molar-refractivity contribution is -0.146. The average molecular weight is 637 g/mol. The second kappa shape index (κ2) is 15.5. The maximum Gasteiger partial charge on any atom is 0.416 e. The smallest absolute Gasteiger partial charge is 0.416 e. The maximum absolute atomic E-state index is 13.2. The number of esters is 2. The fourth-order valence-corrected chi connectivity index (χ4v) is 5.01. The number of benzene rings is 2. The summed E-state index contributed by atoms with van der Waals surface area (Å²) in [6.45, 7) is 22.8. The highest BCUT2D eigenvalue weighted by atomic mass is 32.2. The number of allylic oxidation sites excluding steroid dienone is 2. The molecule has 0 heterocycles. The Morgan fingerprint density at radius 2 is 1.43 bits per heavy atom. The predicted octanol–water partition coefficient (Wildman–Crippen LogP) is 10.9. The minimum absolute atomic E-state index is 0.0659. The molecule has 0 aromatic heterocycles. The van der Waals surface area contributed by atoms with Crippen LogP contribution in [-0.4, -0.2) is 22.9 Å². The molecule has 0 N–H and O–H groups in total. The van der Waals surface area contributed by atoms with Crippen molar-refractivity contribution >= 4 is 23.7 Å². The number of halogens is 3. The van der Waals surface area contributed by atoms with Crippen LogP contribution in [0.1, 0.15) is 110 Å². The standard InChI is InChI=1S/C24H27F3O4.C12H24S/c1-22(2,3)15-23(4,5)21(29)31-19-13-17(24(25,26)27)11-12-18(19)20(28)30-14-16-9-7-6-8-10-16;1-10(2)8-9-11(3,4)12(5,6)13-7/h6-13H,14-15H2,1-5H3;8H,9H2,1-7H3. The minimum Gasteiger partial charge on any atom is -0.457 e. The Kier molecular flexibility index (Phi) is 13.8. The zero-order valence-corrected chi connectivity index (χ0v) is 29.3. The molecule has 2 aromatic carbocycles. The molecule has 0 saturated carbocycles. The van der Waals surface area contributed by atoms with E-state index < -0.39 is 34.8 Å². The highest BCUT2D eigenvalue weighted by Crippen LogP contribution is 2.43. The Bertz CT molecular complexity index is 1270. The quantitative estimate of drug-likeness (QED) is 0.148. The Hall–Kier alpha value is -2.74. The molecule has 0 aliphatic carbocycles. The first kappa shape index (κ1) is 39.3. The van der Waals surface area contributed by atoms with E-state index in [4.69, 9.17) is 9.47 Å². The van der Waals surface area contributed by atoms with Crippen LogP contribution >= 0.6 is 11.8 Å². The molecule has 8 heteroatoms. The van der Waals surface area contributed by atoms with Crippen LogP contribution in [0.5, 0.6) is 5.75 Å². The van der Waals surface area contributed by atoms with Crippen LogP contribution < -0.4 is 4.74 Å². The number of alkyl halides is 3. The summed E-state index contributed by atoms with van der Waals surface area (Å²) in [7, 11) is 0. The van der Waals surface area contributed by atoms with Crippen molar-refractivity contribution in [1.82, 2.24) is 0 Å². The molecule has 0 amide bonds. The molecule has 246 valence electrons. The van der Waals surface area contributed by atoms with Gasteiger partial charge in [-0.25, -0.2) is 4.79 Å². The Labute approximate surface area is 267 Å². The van der Waals surface area contributed by atoms with Crippen LogP contribution in [0.2, 0.25) is 0 Å². The van der Waals surface area contributed by atoms with E-state index in [1.807, 2.05) is 32.5 Å². The zero-order valence-electron chi connectivity index (χ0n) is 28.5. The molecule has 0 saturated heterocycles. The lowest BCUT2D eigenvalue weighted by Gasteiger charge is -2.40. The van der Waals surface area contributed by atoms with Gasteiger partial charge in [0.15, 0.2) is 0 Å². The van der Waals surface area contributed by atoms with Gasteiger partial charge in [0.2, 0.25) is 0 Å². The maximum atomic E-state index is 13.2. The summed E-state index contributed by atoms with van der Waals surface area (Å²) in [4.78, 5) is 25.3. The van der Waals surface area contributed by atoms with Crippen molar-refractivity contribution in [2.24, 2.45) is 16.2 Å². The molecule has 2 rings (SSSR count). The molecule has 0 fully saturated rings. The summed E-state index contributed by atoms with van der Waals surface area (Å²) in [5.41, 5.74) is 0.0415. The van der Waals surface area contributed by atoms with Crippen molar-refractivity contribution in [3.63, 3.8) is 0 Å². The third kappa shape index (κ3) is 12.7. The summed E-state index contributed by atoms with van der Waals surface area (Å²) in [6, 6.07) is 11.2. The number of hydrogen-bond acceptors (Lipinski definition) is 5. The molecule has 0 aliphatic rings. The molecular weight excluding hydrogens is 585 g/mol. The predicted molar refractivity (Wildman–Crippen MR) is 176 cm³/mol. The number of carbonyl (C=O) groups is 2. The van der Waals surface area contributed by atoms with Crippen molar-refractivity contribution in [3.8, 4) is 5.75 Å². The molecule has 0 radical (unpaired) electrons. The first-order valence-corrected chi connectivity index (χ1v) is 16.0. The molecule has 0 atom stereocenters. The minimum atomic E-state index is -4.66. The van der Waals surface area contributed by atoms with Crippen molar-refractivity contribution in [1.29, 1.82) is 0 Å². The fraction of sp³-hybridized carbons (Fsp3) is 0.556. The second-order valence-corrected chi connectivity index (χ2v) is 15.8. The molecule has 2 aromatic rings. The summed E-state index contributed by atoms with van der Waals surface area (Å²) in [5.74, 6) is -2.08. The third-order valence-electron chi connectivity index (χ3n) is 7.63. The van der Waals surface area contributed by atoms with E-state index in [0.717, 1.165) is 12.1 Å². The lowest BCUT2D eigenvalue weighted by atomic mass is 9.76. The largest absolute Gasteiger partial charge is 0.457 e. The van der Waals surface area contributed by atoms with Crippen molar-refractivity contribution in [2.45, 2.75) is 107 Å². The van der Waals surface area contributed by atoms with Gasteiger partial charge < -0.3 is 9.47 Å². The van der Waals surface area contributed by atoms with Crippen molar-refractivity contribution in [3.05, 3.63) is 76.9 Å². The van der Waals surface area contributed by atoms with Gasteiger partial charge in [-0.3, -0.25) is 4.79 Å². The van der Waals surface area contributed by atoms with E-state index in [1.165, 1.54) is 12.0 Å². The number of rotatable bonds is 10. The summed E-state index contributed by atoms with van der Waals surface area (Å²) in [5, 5.41) is 0. The van der Waals surface area contributed by atoms with Gasteiger partial charge in [-0.2, -0.15) is 24.9 Å². The molecule has 0 spiro atoms. The van der Waals surface area contributed by atoms with E-state index in [0.29, 0.717) is 28.2 Å². The van der Waals surface area contributed by atoms with Crippen LogP contribution in [0.15, 0.2) is 60.2 Å². The topological polar surface area (TPSA) is 52.6 Å². The lowest BCUT2D eigenvalue weighted by Crippen LogP contribution is -2.35. The second-order valence-electron chi connectivity index (χ2n) is 14.4. The highest BCUT2D eigenvalue weighted by molar-refractivity contribution is 8.00. The molecule has 0 unspecified atom stereocenters. The number of carbonyl (C=O) groups excluding carboxylic acids is 2. The van der Waals surface area contributed by atoms with E-state index in [-0.39, 0.29) is 17.6 Å². The van der Waals surface area contributed by atoms with Crippen LogP contribution in [0, 0.1) is 16.2 Å². The van der Waals surface area contributed by atoms with Gasteiger partial charge in [0.1, 0.15) is 17.9 Å². The van der Waals surface area contributed by atoms with E-state index in [1.54, 1.807) is 44.2 Å². The number of hydrogen-bond donors (Lipinski definition) is 0. The van der Waals surface area contributed by atoms with E-state index >= 15 is 0 Å². The average Bonchev–Trinajstić information content (AvgIpc) is 2.89. The highest BCUT2D eigenvalue weighted by Gasteiger charge is 2.37. The third-order valence-corrected chi connectivity index (χ3v) is 9.20. The first-order chi connectivity index (χ1) is 19.9. The van der Waals surface area contributed by atoms with Gasteiger partial charge in [-0.05, 0) is 81.4 Å². The van der Waals surface area contributed by atoms with Crippen LogP contribution in [0.25, 0.3) is 0 Å². The Morgan fingerprint density at radius 1 is 0.864 bits per heavy atom. The summed E-state index contributed by atoms with van der Waals surface area (Å²) >= 11 is 1.96. The van der Waals surface area contributed by atoms with E-state index in [9.17, 15) is 22.8 Å². The molecule has 4 nitrogen and oxygen atoms in total. The van der Waals surface area contributed by atoms with Crippen LogP contribution in [-0.2, 0) is 22.3 Å².